The van der Waals surface area contributed by atoms with Crippen LogP contribution in [0.15, 0.2) is 53.6 Å². The average Bonchev–Trinajstić information content (AvgIpc) is 2.65. The molecule has 0 aliphatic carbocycles. The molecule has 0 aliphatic heterocycles. The second-order valence-electron chi connectivity index (χ2n) is 5.62. The van der Waals surface area contributed by atoms with Gasteiger partial charge in [0, 0.05) is 42.1 Å². The molecule has 0 aromatic heterocycles. The Bertz CT molecular complexity index is 744. The zero-order chi connectivity index (χ0) is 18.9. The first kappa shape index (κ1) is 27.4. The van der Waals surface area contributed by atoms with Crippen LogP contribution in [0, 0.1) is 14.1 Å². The van der Waals surface area contributed by atoms with Gasteiger partial charge >= 0.3 is 7.07 Å². The van der Waals surface area contributed by atoms with E-state index in [9.17, 15) is 0 Å². The summed E-state index contributed by atoms with van der Waals surface area (Å²) in [6.07, 6.45) is 2.64. The number of hydrogen-bond acceptors (Lipinski definition) is 5. The van der Waals surface area contributed by atoms with Gasteiger partial charge < -0.3 is 23.7 Å². The Balaban J connectivity index is 0.00000364. The molecule has 2 aromatic rings. The van der Waals surface area contributed by atoms with E-state index in [2.05, 4.69) is 19.2 Å². The molecule has 0 heterocycles. The third-order valence-corrected chi connectivity index (χ3v) is 5.43. The summed E-state index contributed by atoms with van der Waals surface area (Å²) in [5.74, 6) is 1.55. The van der Waals surface area contributed by atoms with E-state index in [0.717, 1.165) is 30.0 Å². The minimum atomic E-state index is -1.29. The van der Waals surface area contributed by atoms with Gasteiger partial charge in [-0.25, -0.2) is 0 Å². The molecular weight excluding hydrogens is 733 g/mol. The molecule has 9 heteroatoms. The fraction of sp³-hybridized carbons (Fsp3) is 0.211. The third-order valence-electron chi connectivity index (χ3n) is 3.55. The summed E-state index contributed by atoms with van der Waals surface area (Å²) >= 11 is 5.43. The molecule has 0 saturated carbocycles. The van der Waals surface area contributed by atoms with Crippen molar-refractivity contribution in [2.24, 2.45) is 5.10 Å². The maximum absolute atomic E-state index is 5.82. The van der Waals surface area contributed by atoms with Crippen LogP contribution in [0.25, 0.3) is 0 Å². The van der Waals surface area contributed by atoms with Gasteiger partial charge in [-0.15, -0.1) is 5.10 Å². The van der Waals surface area contributed by atoms with Crippen molar-refractivity contribution in [2.75, 3.05) is 20.7 Å². The van der Waals surface area contributed by atoms with Crippen molar-refractivity contribution in [3.8, 4) is 11.5 Å². The van der Waals surface area contributed by atoms with Gasteiger partial charge in [-0.3, -0.25) is 4.52 Å². The molecule has 1 atom stereocenters. The molecule has 0 fully saturated rings. The van der Waals surface area contributed by atoms with Crippen LogP contribution < -0.4 is 9.26 Å². The second-order valence-corrected chi connectivity index (χ2v) is 7.80. The first-order chi connectivity index (χ1) is 12.5. The summed E-state index contributed by atoms with van der Waals surface area (Å²) in [6.45, 7) is 0.802. The van der Waals surface area contributed by atoms with Crippen molar-refractivity contribution in [3.05, 3.63) is 73.8 Å². The molecule has 0 bridgehead atoms. The Morgan fingerprint density at radius 3 is 2.14 bits per heavy atom. The summed E-state index contributed by atoms with van der Waals surface area (Å²) < 4.78 is 12.6. The number of methoxy groups -OCH3 is 1. The molecule has 0 radical (unpaired) electrons. The molecule has 2 rings (SSSR count). The molecular formula is C19H23N3O2PSW2-. The standard InChI is InChI=1S/C19H23N3O2PS.2W/c1-21(2)14-13-16-5-11-19(12-6-16)24-25(26)22(3)20-15-17-7-9-18(23-4)10-8-17;;/h5-12,15H,1-2,13-14H2,3-4H3;;/q-1;;/b20-15+;;. The van der Waals surface area contributed by atoms with E-state index in [1.165, 1.54) is 5.56 Å². The van der Waals surface area contributed by atoms with E-state index in [1.807, 2.05) is 55.6 Å². The van der Waals surface area contributed by atoms with Gasteiger partial charge in [0.15, 0.2) is 5.75 Å². The van der Waals surface area contributed by atoms with Crippen molar-refractivity contribution in [3.63, 3.8) is 0 Å². The molecule has 0 saturated heterocycles. The monoisotopic (exact) mass is 756 g/mol. The largest absolute Gasteiger partial charge is 0.610 e. The molecule has 0 aliphatic rings. The van der Waals surface area contributed by atoms with E-state index in [0.29, 0.717) is 0 Å². The van der Waals surface area contributed by atoms with Gasteiger partial charge in [0.2, 0.25) is 11.8 Å². The predicted molar refractivity (Wildman–Crippen MR) is 111 cm³/mol. The minimum absolute atomic E-state index is 0. The summed E-state index contributed by atoms with van der Waals surface area (Å²) in [4.78, 5) is 1.67. The number of benzene rings is 2. The predicted octanol–water partition coefficient (Wildman–Crippen LogP) is 4.24. The number of ether oxygens (including phenoxy) is 1. The van der Waals surface area contributed by atoms with Crippen molar-refractivity contribution in [2.45, 2.75) is 6.42 Å². The van der Waals surface area contributed by atoms with Crippen LogP contribution in [0.4, 0.5) is 0 Å². The van der Waals surface area contributed by atoms with Gasteiger partial charge in [-0.1, -0.05) is 23.5 Å². The van der Waals surface area contributed by atoms with E-state index in [-0.39, 0.29) is 42.1 Å². The molecule has 2 aromatic carbocycles. The summed E-state index contributed by atoms with van der Waals surface area (Å²) in [5, 5.41) is 4.36. The molecule has 5 nitrogen and oxygen atoms in total. The van der Waals surface area contributed by atoms with Crippen LogP contribution >= 0.6 is 7.07 Å². The number of rotatable bonds is 9. The van der Waals surface area contributed by atoms with Crippen LogP contribution in [-0.4, -0.2) is 36.6 Å². The van der Waals surface area contributed by atoms with Crippen LogP contribution in [-0.2, 0) is 60.4 Å². The summed E-state index contributed by atoms with van der Waals surface area (Å²) in [7, 11) is 9.64. The molecule has 1 unspecified atom stereocenters. The molecule has 0 spiro atoms. The van der Waals surface area contributed by atoms with Crippen molar-refractivity contribution >= 4 is 25.1 Å². The fourth-order valence-corrected chi connectivity index (χ4v) is 2.98. The van der Waals surface area contributed by atoms with E-state index >= 15 is 0 Å². The average molecular weight is 756 g/mol. The second kappa shape index (κ2) is 14.4. The summed E-state index contributed by atoms with van der Waals surface area (Å²) in [5.41, 5.74) is 2.17. The van der Waals surface area contributed by atoms with Crippen LogP contribution in [0.1, 0.15) is 11.1 Å². The normalized spacial score (nSPS) is 10.8. The first-order valence-electron chi connectivity index (χ1n) is 8.02. The van der Waals surface area contributed by atoms with Gasteiger partial charge in [0.1, 0.15) is 5.75 Å². The fourth-order valence-electron chi connectivity index (χ4n) is 2.04. The first-order valence-corrected chi connectivity index (χ1v) is 10.2. The molecule has 28 heavy (non-hydrogen) atoms. The van der Waals surface area contributed by atoms with E-state index in [1.54, 1.807) is 23.0 Å². The Labute approximate surface area is 202 Å². The van der Waals surface area contributed by atoms with Crippen LogP contribution in [0.5, 0.6) is 11.5 Å². The molecule has 0 amide bonds. The topological polar surface area (TPSA) is 37.3 Å². The minimum Gasteiger partial charge on any atom is -0.610 e. The van der Waals surface area contributed by atoms with Gasteiger partial charge in [-0.2, -0.15) is 0 Å². The Hall–Kier alpha value is -0.633. The SMILES string of the molecule is [CH2-]N([CH2-])CCc1ccc(O[P+](=S)N(C)/N=C/c2ccc(OC)cc2)cc1.[W].[W]. The number of hydrazone groups is 1. The van der Waals surface area contributed by atoms with E-state index in [4.69, 9.17) is 21.1 Å². The quantitative estimate of drug-likeness (QED) is 0.166. The Morgan fingerprint density at radius 1 is 1.04 bits per heavy atom. The molecule has 0 N–H and O–H groups in total. The Kier molecular flexibility index (Phi) is 14.0. The van der Waals surface area contributed by atoms with Crippen molar-refractivity contribution < 1.29 is 51.4 Å². The van der Waals surface area contributed by atoms with Crippen LogP contribution in [0.2, 0.25) is 0 Å². The van der Waals surface area contributed by atoms with Crippen LogP contribution in [0.3, 0.4) is 0 Å². The zero-order valence-corrected chi connectivity index (χ0v) is 23.4. The Morgan fingerprint density at radius 2 is 1.61 bits per heavy atom. The number of hydrogen-bond donors (Lipinski definition) is 0. The van der Waals surface area contributed by atoms with Gasteiger partial charge in [-0.05, 0) is 53.9 Å². The third kappa shape index (κ3) is 9.72. The maximum Gasteiger partial charge on any atom is 0.540 e. The smallest absolute Gasteiger partial charge is 0.540 e. The maximum atomic E-state index is 5.82. The van der Waals surface area contributed by atoms with Crippen molar-refractivity contribution in [1.82, 2.24) is 9.68 Å². The van der Waals surface area contributed by atoms with E-state index < -0.39 is 7.07 Å². The molecule has 150 valence electrons. The zero-order valence-electron chi connectivity index (χ0n) is 15.9. The van der Waals surface area contributed by atoms with Gasteiger partial charge in [0.25, 0.3) is 0 Å². The number of nitrogens with zero attached hydrogens (tertiary/aromatic N) is 3. The van der Waals surface area contributed by atoms with Crippen molar-refractivity contribution in [1.29, 1.82) is 0 Å². The summed E-state index contributed by atoms with van der Waals surface area (Å²) in [6, 6.07) is 15.5. The van der Waals surface area contributed by atoms with Gasteiger partial charge in [0.05, 0.1) is 20.4 Å².